The zero-order valence-corrected chi connectivity index (χ0v) is 15.8. The molecule has 0 aromatic heterocycles. The van der Waals surface area contributed by atoms with E-state index in [-0.39, 0.29) is 44.3 Å². The van der Waals surface area contributed by atoms with E-state index in [2.05, 4.69) is 0 Å². The molecule has 28 heavy (non-hydrogen) atoms. The number of rotatable bonds is 5. The third kappa shape index (κ3) is 4.31. The van der Waals surface area contributed by atoms with E-state index in [9.17, 15) is 27.1 Å². The number of nitrogens with zero attached hydrogens (tertiary/aromatic N) is 2. The number of piperazine rings is 1. The minimum atomic E-state index is -4.18. The Hall–Kier alpha value is -2.52. The van der Waals surface area contributed by atoms with E-state index >= 15 is 0 Å². The predicted octanol–water partition coefficient (Wildman–Crippen LogP) is 2.14. The zero-order valence-electron chi connectivity index (χ0n) is 15.0. The van der Waals surface area contributed by atoms with Crippen LogP contribution in [0.4, 0.5) is 8.78 Å². The number of hydrogen-bond acceptors (Lipinski definition) is 4. The van der Waals surface area contributed by atoms with Gasteiger partial charge in [-0.15, -0.1) is 0 Å². The van der Waals surface area contributed by atoms with Gasteiger partial charge in [0.05, 0.1) is 0 Å². The van der Waals surface area contributed by atoms with Crippen LogP contribution in [0.1, 0.15) is 12.0 Å². The molecule has 1 heterocycles. The second-order valence-corrected chi connectivity index (χ2v) is 8.39. The van der Waals surface area contributed by atoms with Crippen molar-refractivity contribution in [2.45, 2.75) is 17.7 Å². The number of phenolic OH excluding ortho intramolecular Hbond substituents is 1. The molecule has 2 aromatic rings. The molecule has 0 spiro atoms. The van der Waals surface area contributed by atoms with Crippen molar-refractivity contribution in [2.75, 3.05) is 26.2 Å². The Bertz CT molecular complexity index is 974. The van der Waals surface area contributed by atoms with Crippen LogP contribution in [0.25, 0.3) is 0 Å². The number of aryl methyl sites for hydroxylation is 1. The van der Waals surface area contributed by atoms with Crippen molar-refractivity contribution >= 4 is 15.9 Å². The summed E-state index contributed by atoms with van der Waals surface area (Å²) in [6.45, 7) is 0.326. The van der Waals surface area contributed by atoms with Crippen LogP contribution in [0.5, 0.6) is 5.75 Å². The minimum Gasteiger partial charge on any atom is -0.508 e. The van der Waals surface area contributed by atoms with Crippen LogP contribution in [0.2, 0.25) is 0 Å². The van der Waals surface area contributed by atoms with Crippen molar-refractivity contribution in [2.24, 2.45) is 0 Å². The van der Waals surface area contributed by atoms with Gasteiger partial charge in [-0.25, -0.2) is 17.2 Å². The average molecular weight is 410 g/mol. The van der Waals surface area contributed by atoms with E-state index in [1.165, 1.54) is 4.90 Å². The van der Waals surface area contributed by atoms with Crippen LogP contribution in [-0.2, 0) is 21.2 Å². The molecule has 0 bridgehead atoms. The first-order valence-corrected chi connectivity index (χ1v) is 10.2. The molecule has 0 unspecified atom stereocenters. The molecule has 0 saturated carbocycles. The van der Waals surface area contributed by atoms with E-state index in [4.69, 9.17) is 0 Å². The zero-order chi connectivity index (χ0) is 20.3. The van der Waals surface area contributed by atoms with E-state index in [1.54, 1.807) is 24.3 Å². The number of carbonyl (C=O) groups is 1. The molecular weight excluding hydrogens is 390 g/mol. The second kappa shape index (κ2) is 8.24. The van der Waals surface area contributed by atoms with Gasteiger partial charge in [-0.2, -0.15) is 4.31 Å². The van der Waals surface area contributed by atoms with E-state index in [0.717, 1.165) is 16.4 Å². The smallest absolute Gasteiger partial charge is 0.246 e. The van der Waals surface area contributed by atoms with Crippen molar-refractivity contribution in [3.05, 3.63) is 59.7 Å². The lowest BCUT2D eigenvalue weighted by molar-refractivity contribution is -0.132. The van der Waals surface area contributed by atoms with Crippen LogP contribution < -0.4 is 0 Å². The Balaban J connectivity index is 1.60. The minimum absolute atomic E-state index is 0.000609. The summed E-state index contributed by atoms with van der Waals surface area (Å²) in [5.41, 5.74) is 0.665. The fraction of sp³-hybridized carbons (Fsp3) is 0.316. The van der Waals surface area contributed by atoms with Gasteiger partial charge in [0.15, 0.2) is 0 Å². The summed E-state index contributed by atoms with van der Waals surface area (Å²) < 4.78 is 53.4. The normalized spacial score (nSPS) is 15.6. The molecule has 0 radical (unpaired) electrons. The van der Waals surface area contributed by atoms with Crippen molar-refractivity contribution in [1.29, 1.82) is 0 Å². The highest BCUT2D eigenvalue weighted by Gasteiger charge is 2.32. The monoisotopic (exact) mass is 410 g/mol. The number of carbonyl (C=O) groups excluding carboxylic acids is 1. The second-order valence-electron chi connectivity index (χ2n) is 6.49. The quantitative estimate of drug-likeness (QED) is 0.819. The summed E-state index contributed by atoms with van der Waals surface area (Å²) in [6.07, 6.45) is 0.557. The number of halogens is 2. The number of sulfonamides is 1. The number of benzene rings is 2. The fourth-order valence-corrected chi connectivity index (χ4v) is 4.61. The largest absolute Gasteiger partial charge is 0.508 e. The van der Waals surface area contributed by atoms with Gasteiger partial charge in [0.1, 0.15) is 22.3 Å². The van der Waals surface area contributed by atoms with Gasteiger partial charge in [-0.3, -0.25) is 4.79 Å². The fourth-order valence-electron chi connectivity index (χ4n) is 3.11. The molecule has 1 amide bonds. The number of para-hydroxylation sites is 1. The molecule has 1 aliphatic heterocycles. The van der Waals surface area contributed by atoms with Gasteiger partial charge in [-0.1, -0.05) is 18.2 Å². The van der Waals surface area contributed by atoms with Crippen LogP contribution in [-0.4, -0.2) is 54.8 Å². The highest BCUT2D eigenvalue weighted by atomic mass is 32.2. The predicted molar refractivity (Wildman–Crippen MR) is 98.1 cm³/mol. The van der Waals surface area contributed by atoms with Gasteiger partial charge in [0, 0.05) is 32.6 Å². The Morgan fingerprint density at radius 3 is 2.39 bits per heavy atom. The lowest BCUT2D eigenvalue weighted by atomic mass is 10.1. The Morgan fingerprint density at radius 1 is 1.04 bits per heavy atom. The molecule has 2 aromatic carbocycles. The van der Waals surface area contributed by atoms with Gasteiger partial charge < -0.3 is 10.0 Å². The van der Waals surface area contributed by atoms with E-state index in [0.29, 0.717) is 18.1 Å². The third-order valence-electron chi connectivity index (χ3n) is 4.70. The number of hydrogen-bond donors (Lipinski definition) is 1. The molecule has 9 heteroatoms. The maximum Gasteiger partial charge on any atom is 0.246 e. The van der Waals surface area contributed by atoms with Gasteiger partial charge >= 0.3 is 0 Å². The maximum absolute atomic E-state index is 13.9. The number of aromatic hydroxyl groups is 1. The highest BCUT2D eigenvalue weighted by Crippen LogP contribution is 2.22. The molecule has 150 valence electrons. The molecular formula is C19H20F2N2O4S. The molecule has 1 fully saturated rings. The van der Waals surface area contributed by atoms with Crippen LogP contribution in [0.15, 0.2) is 47.4 Å². The molecule has 6 nitrogen and oxygen atoms in total. The first kappa shape index (κ1) is 20.2. The standard InChI is InChI=1S/C19H20F2N2O4S/c20-15-6-7-16(21)18(13-15)28(26,27)23-11-9-22(10-12-23)19(25)8-5-14-3-1-2-4-17(14)24/h1-4,6-7,13,24H,5,8-12H2. The molecule has 3 rings (SSSR count). The van der Waals surface area contributed by atoms with Crippen molar-refractivity contribution in [3.63, 3.8) is 0 Å². The average Bonchev–Trinajstić information content (AvgIpc) is 2.69. The van der Waals surface area contributed by atoms with Crippen LogP contribution >= 0.6 is 0 Å². The summed E-state index contributed by atoms with van der Waals surface area (Å²) in [5.74, 6) is -1.87. The lowest BCUT2D eigenvalue weighted by Crippen LogP contribution is -2.50. The van der Waals surface area contributed by atoms with Crippen LogP contribution in [0.3, 0.4) is 0 Å². The highest BCUT2D eigenvalue weighted by molar-refractivity contribution is 7.89. The Morgan fingerprint density at radius 2 is 1.71 bits per heavy atom. The summed E-state index contributed by atoms with van der Waals surface area (Å²) >= 11 is 0. The maximum atomic E-state index is 13.9. The van der Waals surface area contributed by atoms with Crippen molar-refractivity contribution in [1.82, 2.24) is 9.21 Å². The van der Waals surface area contributed by atoms with Gasteiger partial charge in [0.25, 0.3) is 0 Å². The molecule has 0 aliphatic carbocycles. The SMILES string of the molecule is O=C(CCc1ccccc1O)N1CCN(S(=O)(=O)c2cc(F)ccc2F)CC1. The summed E-state index contributed by atoms with van der Waals surface area (Å²) in [4.78, 5) is 13.2. The van der Waals surface area contributed by atoms with Gasteiger partial charge in [-0.05, 0) is 36.2 Å². The first-order chi connectivity index (χ1) is 13.3. The molecule has 1 aliphatic rings. The van der Waals surface area contributed by atoms with Crippen molar-refractivity contribution in [3.8, 4) is 5.75 Å². The number of phenols is 1. The topological polar surface area (TPSA) is 77.9 Å². The Kier molecular flexibility index (Phi) is 5.95. The van der Waals surface area contributed by atoms with Crippen molar-refractivity contribution < 1.29 is 27.1 Å². The van der Waals surface area contributed by atoms with Crippen LogP contribution in [0, 0.1) is 11.6 Å². The first-order valence-electron chi connectivity index (χ1n) is 8.79. The van der Waals surface area contributed by atoms with Gasteiger partial charge in [0.2, 0.25) is 15.9 Å². The van der Waals surface area contributed by atoms with E-state index < -0.39 is 26.6 Å². The summed E-state index contributed by atoms with van der Waals surface area (Å²) in [5, 5.41) is 9.75. The van der Waals surface area contributed by atoms with E-state index in [1.807, 2.05) is 0 Å². The number of amides is 1. The Labute approximate surface area is 162 Å². The third-order valence-corrected chi connectivity index (χ3v) is 6.62. The summed E-state index contributed by atoms with van der Waals surface area (Å²) in [7, 11) is -4.18. The molecule has 1 N–H and O–H groups in total. The summed E-state index contributed by atoms with van der Waals surface area (Å²) in [6, 6.07) is 9.05. The molecule has 1 saturated heterocycles. The lowest BCUT2D eigenvalue weighted by Gasteiger charge is -2.34. The molecule has 0 atom stereocenters.